The lowest BCUT2D eigenvalue weighted by Crippen LogP contribution is -2.13. The van der Waals surface area contributed by atoms with E-state index < -0.39 is 0 Å². The summed E-state index contributed by atoms with van der Waals surface area (Å²) in [6.45, 7) is 8.26. The third-order valence-electron chi connectivity index (χ3n) is 4.91. The van der Waals surface area contributed by atoms with E-state index in [2.05, 4.69) is 19.6 Å². The van der Waals surface area contributed by atoms with Crippen molar-refractivity contribution in [2.75, 3.05) is 0 Å². The molecule has 0 spiro atoms. The molecule has 3 nitrogen and oxygen atoms in total. The summed E-state index contributed by atoms with van der Waals surface area (Å²) in [6.07, 6.45) is 8.15. The Morgan fingerprint density at radius 1 is 1.29 bits per heavy atom. The highest BCUT2D eigenvalue weighted by Crippen LogP contribution is 2.41. The Morgan fingerprint density at radius 2 is 2.08 bits per heavy atom. The zero-order chi connectivity index (χ0) is 17.3. The van der Waals surface area contributed by atoms with E-state index >= 15 is 0 Å². The summed E-state index contributed by atoms with van der Waals surface area (Å²) in [5.74, 6) is 0.611. The number of benzene rings is 1. The van der Waals surface area contributed by atoms with Gasteiger partial charge >= 0.3 is 5.97 Å². The average molecular weight is 324 g/mol. The van der Waals surface area contributed by atoms with Crippen LogP contribution in [0.1, 0.15) is 56.6 Å². The normalized spacial score (nSPS) is 23.1. The van der Waals surface area contributed by atoms with Crippen molar-refractivity contribution in [1.29, 1.82) is 0 Å². The Bertz CT molecular complexity index is 753. The van der Waals surface area contributed by atoms with E-state index in [0.717, 1.165) is 36.0 Å². The first-order chi connectivity index (χ1) is 11.5. The van der Waals surface area contributed by atoms with E-state index in [1.807, 2.05) is 13.0 Å². The number of phenolic OH excluding ortho intramolecular Hbond substituents is 1. The van der Waals surface area contributed by atoms with Crippen molar-refractivity contribution in [3.8, 4) is 11.5 Å². The van der Waals surface area contributed by atoms with Crippen molar-refractivity contribution in [2.24, 2.45) is 0 Å². The number of allylic oxidation sites excluding steroid dienone is 4. The quantitative estimate of drug-likeness (QED) is 0.451. The van der Waals surface area contributed by atoms with Crippen LogP contribution in [0.3, 0.4) is 0 Å². The first-order valence-corrected chi connectivity index (χ1v) is 8.53. The molecule has 2 aliphatic rings. The molecule has 1 aromatic carbocycles. The number of carbonyl (C=O) groups excluding carboxylic acids is 1. The van der Waals surface area contributed by atoms with Crippen molar-refractivity contribution in [3.05, 3.63) is 58.7 Å². The minimum atomic E-state index is -0.271. The predicted octanol–water partition coefficient (Wildman–Crippen LogP) is 4.96. The summed E-state index contributed by atoms with van der Waals surface area (Å²) < 4.78 is 5.76. The molecule has 3 heteroatoms. The lowest BCUT2D eigenvalue weighted by Gasteiger charge is -2.23. The van der Waals surface area contributed by atoms with E-state index in [1.165, 1.54) is 5.57 Å². The summed E-state index contributed by atoms with van der Waals surface area (Å²) in [6, 6.07) is 3.42. The molecule has 1 atom stereocenters. The van der Waals surface area contributed by atoms with Gasteiger partial charge in [0.2, 0.25) is 0 Å². The van der Waals surface area contributed by atoms with Crippen LogP contribution in [-0.4, -0.2) is 11.1 Å². The average Bonchev–Trinajstić information content (AvgIpc) is 2.66. The van der Waals surface area contributed by atoms with Gasteiger partial charge in [-0.05, 0) is 58.1 Å². The van der Waals surface area contributed by atoms with Gasteiger partial charge in [-0.2, -0.15) is 0 Å². The molecular weight excluding hydrogens is 300 g/mol. The Balaban J connectivity index is 2.17. The standard InChI is InChI=1S/C21H24O3/c1-13(2)18-10-7-14(3)5-4-6-15-8-9-16-11-17(22)12-19(18)20(16)24-21(15)23/h5,8,11-12,18,22H,1,4,6-7,9-10H2,2-3H3/b14-5-/t18-/m0/s1. The third kappa shape index (κ3) is 3.30. The Kier molecular flexibility index (Phi) is 4.61. The molecule has 2 bridgehead atoms. The molecule has 0 aliphatic carbocycles. The van der Waals surface area contributed by atoms with E-state index in [1.54, 1.807) is 12.1 Å². The summed E-state index contributed by atoms with van der Waals surface area (Å²) in [5.41, 5.74) is 4.79. The lowest BCUT2D eigenvalue weighted by molar-refractivity contribution is -0.130. The number of phenols is 1. The maximum atomic E-state index is 12.5. The van der Waals surface area contributed by atoms with Gasteiger partial charge in [-0.1, -0.05) is 29.9 Å². The first-order valence-electron chi connectivity index (χ1n) is 8.53. The molecule has 0 saturated heterocycles. The molecule has 0 amide bonds. The van der Waals surface area contributed by atoms with Crippen molar-refractivity contribution in [1.82, 2.24) is 0 Å². The molecule has 24 heavy (non-hydrogen) atoms. The van der Waals surface area contributed by atoms with Gasteiger partial charge in [0.15, 0.2) is 0 Å². The Labute approximate surface area is 143 Å². The zero-order valence-electron chi connectivity index (χ0n) is 14.4. The largest absolute Gasteiger partial charge is 0.508 e. The van der Waals surface area contributed by atoms with Gasteiger partial charge in [0, 0.05) is 22.6 Å². The van der Waals surface area contributed by atoms with Gasteiger partial charge in [-0.3, -0.25) is 0 Å². The predicted molar refractivity (Wildman–Crippen MR) is 95.3 cm³/mol. The molecule has 0 aromatic heterocycles. The zero-order valence-corrected chi connectivity index (χ0v) is 14.4. The van der Waals surface area contributed by atoms with E-state index in [0.29, 0.717) is 24.2 Å². The molecule has 0 fully saturated rings. The highest BCUT2D eigenvalue weighted by atomic mass is 16.5. The molecule has 1 aromatic rings. The number of hydrogen-bond acceptors (Lipinski definition) is 3. The van der Waals surface area contributed by atoms with E-state index in [-0.39, 0.29) is 17.6 Å². The molecule has 0 saturated carbocycles. The fourth-order valence-electron chi connectivity index (χ4n) is 3.53. The molecule has 126 valence electrons. The van der Waals surface area contributed by atoms with E-state index in [4.69, 9.17) is 4.74 Å². The van der Waals surface area contributed by atoms with Gasteiger partial charge in [-0.25, -0.2) is 4.79 Å². The van der Waals surface area contributed by atoms with Crippen LogP contribution >= 0.6 is 0 Å². The van der Waals surface area contributed by atoms with Crippen molar-refractivity contribution in [2.45, 2.75) is 51.9 Å². The minimum absolute atomic E-state index is 0.0583. The molecule has 3 rings (SSSR count). The van der Waals surface area contributed by atoms with Crippen LogP contribution in [0.5, 0.6) is 11.5 Å². The second-order valence-electron chi connectivity index (χ2n) is 6.87. The van der Waals surface area contributed by atoms with Gasteiger partial charge < -0.3 is 9.84 Å². The number of esters is 1. The number of aromatic hydroxyl groups is 1. The minimum Gasteiger partial charge on any atom is -0.508 e. The first kappa shape index (κ1) is 16.6. The van der Waals surface area contributed by atoms with Gasteiger partial charge in [0.05, 0.1) is 0 Å². The molecule has 2 heterocycles. The van der Waals surface area contributed by atoms with Crippen LogP contribution in [0, 0.1) is 0 Å². The van der Waals surface area contributed by atoms with Crippen molar-refractivity contribution < 1.29 is 14.6 Å². The van der Waals surface area contributed by atoms with Gasteiger partial charge in [0.25, 0.3) is 0 Å². The van der Waals surface area contributed by atoms with Crippen molar-refractivity contribution >= 4 is 5.97 Å². The molecular formula is C21H24O3. The Morgan fingerprint density at radius 3 is 2.83 bits per heavy atom. The third-order valence-corrected chi connectivity index (χ3v) is 4.91. The number of carbonyl (C=O) groups is 1. The molecule has 1 N–H and O–H groups in total. The number of rotatable bonds is 1. The topological polar surface area (TPSA) is 46.5 Å². The summed E-state index contributed by atoms with van der Waals surface area (Å²) in [7, 11) is 0. The number of ether oxygens (including phenoxy) is 1. The number of fused-ring (bicyclic) bond motifs is 2. The fourth-order valence-corrected chi connectivity index (χ4v) is 3.53. The van der Waals surface area contributed by atoms with Crippen LogP contribution in [0.25, 0.3) is 0 Å². The SMILES string of the molecule is C=C(C)[C@@H]1CC/C(C)=C\CCC2=CCc3cc(O)cc1c3OC2=O. The monoisotopic (exact) mass is 324 g/mol. The van der Waals surface area contributed by atoms with Gasteiger partial charge in [-0.15, -0.1) is 0 Å². The van der Waals surface area contributed by atoms with Crippen LogP contribution in [0.2, 0.25) is 0 Å². The summed E-state index contributed by atoms with van der Waals surface area (Å²) in [4.78, 5) is 12.5. The highest BCUT2D eigenvalue weighted by molar-refractivity contribution is 5.91. The fraction of sp³-hybridized carbons (Fsp3) is 0.381. The van der Waals surface area contributed by atoms with E-state index in [9.17, 15) is 9.90 Å². The van der Waals surface area contributed by atoms with Crippen LogP contribution in [-0.2, 0) is 11.2 Å². The van der Waals surface area contributed by atoms with Crippen LogP contribution in [0.4, 0.5) is 0 Å². The lowest BCUT2D eigenvalue weighted by atomic mass is 9.85. The highest BCUT2D eigenvalue weighted by Gasteiger charge is 2.26. The van der Waals surface area contributed by atoms with Gasteiger partial charge in [0.1, 0.15) is 11.5 Å². The summed E-state index contributed by atoms with van der Waals surface area (Å²) >= 11 is 0. The van der Waals surface area contributed by atoms with Crippen LogP contribution < -0.4 is 4.74 Å². The van der Waals surface area contributed by atoms with Crippen LogP contribution in [0.15, 0.2) is 47.6 Å². The Hall–Kier alpha value is -2.29. The molecule has 2 aliphatic heterocycles. The maximum Gasteiger partial charge on any atom is 0.339 e. The second-order valence-corrected chi connectivity index (χ2v) is 6.87. The second kappa shape index (κ2) is 6.68. The smallest absolute Gasteiger partial charge is 0.339 e. The number of hydrogen-bond donors (Lipinski definition) is 1. The maximum absolute atomic E-state index is 12.5. The molecule has 0 radical (unpaired) electrons. The summed E-state index contributed by atoms with van der Waals surface area (Å²) in [5, 5.41) is 10.2. The van der Waals surface area contributed by atoms with Crippen molar-refractivity contribution in [3.63, 3.8) is 0 Å². The molecule has 0 unspecified atom stereocenters.